The Labute approximate surface area is 68.7 Å². The molecule has 0 saturated heterocycles. The fourth-order valence-electron chi connectivity index (χ4n) is 0.860. The van der Waals surface area contributed by atoms with Crippen LogP contribution in [-0.4, -0.2) is 23.1 Å². The molecule has 0 unspecified atom stereocenters. The molecule has 6 nitrogen and oxygen atoms in total. The van der Waals surface area contributed by atoms with Gasteiger partial charge in [0, 0.05) is 12.3 Å². The van der Waals surface area contributed by atoms with Crippen LogP contribution in [0.3, 0.4) is 0 Å². The van der Waals surface area contributed by atoms with Gasteiger partial charge in [-0.15, -0.1) is 5.10 Å². The van der Waals surface area contributed by atoms with E-state index in [4.69, 9.17) is 10.5 Å². The van der Waals surface area contributed by atoms with Gasteiger partial charge in [0.2, 0.25) is 5.95 Å². The van der Waals surface area contributed by atoms with Crippen molar-refractivity contribution in [3.05, 3.63) is 12.3 Å². The predicted octanol–water partition coefficient (Wildman–Crippen LogP) is -0.204. The molecule has 6 heteroatoms. The van der Waals surface area contributed by atoms with Crippen molar-refractivity contribution < 1.29 is 4.74 Å². The molecule has 0 spiro atoms. The van der Waals surface area contributed by atoms with Crippen LogP contribution in [0.15, 0.2) is 17.4 Å². The fraction of sp³-hybridized carbons (Fsp3) is 0.167. The number of rotatable bonds is 1. The molecule has 0 bridgehead atoms. The summed E-state index contributed by atoms with van der Waals surface area (Å²) in [4.78, 5) is 7.71. The van der Waals surface area contributed by atoms with E-state index >= 15 is 0 Å². The molecule has 0 amide bonds. The van der Waals surface area contributed by atoms with E-state index < -0.39 is 0 Å². The first kappa shape index (κ1) is 6.84. The number of ether oxygens (including phenoxy) is 1. The third-order valence-electron chi connectivity index (χ3n) is 1.38. The van der Waals surface area contributed by atoms with Gasteiger partial charge in [0.1, 0.15) is 0 Å². The van der Waals surface area contributed by atoms with Crippen molar-refractivity contribution in [1.29, 1.82) is 0 Å². The van der Waals surface area contributed by atoms with Crippen LogP contribution in [0.4, 0.5) is 11.8 Å². The molecular formula is C6H7N5O. The van der Waals surface area contributed by atoms with Crippen molar-refractivity contribution in [1.82, 2.24) is 9.97 Å². The van der Waals surface area contributed by atoms with Crippen molar-refractivity contribution in [2.75, 3.05) is 17.5 Å². The summed E-state index contributed by atoms with van der Waals surface area (Å²) >= 11 is 0. The molecule has 1 aliphatic heterocycles. The number of nitrogens with two attached hydrogens (primary N) is 1. The smallest absolute Gasteiger partial charge is 0.221 e. The van der Waals surface area contributed by atoms with E-state index in [1.807, 2.05) is 0 Å². The van der Waals surface area contributed by atoms with Crippen LogP contribution in [0, 0.1) is 0 Å². The van der Waals surface area contributed by atoms with Crippen molar-refractivity contribution in [2.24, 2.45) is 5.10 Å². The lowest BCUT2D eigenvalue weighted by atomic mass is 10.6. The molecule has 0 radical (unpaired) electrons. The Hall–Kier alpha value is -1.85. The number of hydrogen-bond donors (Lipinski definition) is 1. The highest BCUT2D eigenvalue weighted by atomic mass is 16.5. The Kier molecular flexibility index (Phi) is 1.51. The van der Waals surface area contributed by atoms with E-state index in [9.17, 15) is 0 Å². The molecule has 1 aliphatic rings. The third-order valence-corrected chi connectivity index (χ3v) is 1.38. The summed E-state index contributed by atoms with van der Waals surface area (Å²) in [6.07, 6.45) is 2.93. The summed E-state index contributed by atoms with van der Waals surface area (Å²) in [5.74, 6) is 0.867. The fourth-order valence-corrected chi connectivity index (χ4v) is 0.860. The van der Waals surface area contributed by atoms with E-state index in [1.165, 1.54) is 6.40 Å². The zero-order valence-corrected chi connectivity index (χ0v) is 6.21. The Bertz CT molecular complexity index is 313. The average molecular weight is 165 g/mol. The number of hydrazone groups is 1. The van der Waals surface area contributed by atoms with E-state index in [2.05, 4.69) is 15.1 Å². The second-order valence-corrected chi connectivity index (χ2v) is 2.19. The van der Waals surface area contributed by atoms with Gasteiger partial charge in [0.05, 0.1) is 0 Å². The Morgan fingerprint density at radius 3 is 3.17 bits per heavy atom. The molecule has 2 rings (SSSR count). The molecule has 2 heterocycles. The van der Waals surface area contributed by atoms with E-state index in [1.54, 1.807) is 17.3 Å². The van der Waals surface area contributed by atoms with E-state index in [0.717, 1.165) is 0 Å². The van der Waals surface area contributed by atoms with Crippen molar-refractivity contribution in [2.45, 2.75) is 0 Å². The van der Waals surface area contributed by atoms with Crippen molar-refractivity contribution in [3.8, 4) is 0 Å². The van der Waals surface area contributed by atoms with Gasteiger partial charge < -0.3 is 10.5 Å². The molecule has 12 heavy (non-hydrogen) atoms. The number of hydrogen-bond acceptors (Lipinski definition) is 6. The zero-order chi connectivity index (χ0) is 8.39. The Morgan fingerprint density at radius 1 is 1.58 bits per heavy atom. The highest BCUT2D eigenvalue weighted by Gasteiger charge is 2.10. The maximum Gasteiger partial charge on any atom is 0.221 e. The second kappa shape index (κ2) is 2.65. The molecule has 0 aliphatic carbocycles. The van der Waals surface area contributed by atoms with Crippen molar-refractivity contribution >= 4 is 18.2 Å². The van der Waals surface area contributed by atoms with E-state index in [0.29, 0.717) is 12.5 Å². The standard InChI is InChI=1S/C6H7N5O/c7-6-8-2-1-5(10-6)11-4-12-3-9-11/h1-3H,4H2,(H2,7,8,10). The minimum atomic E-state index is 0.231. The lowest BCUT2D eigenvalue weighted by Crippen LogP contribution is -2.15. The maximum atomic E-state index is 5.38. The molecule has 0 aromatic carbocycles. The van der Waals surface area contributed by atoms with Gasteiger partial charge in [0.25, 0.3) is 0 Å². The second-order valence-electron chi connectivity index (χ2n) is 2.19. The summed E-state index contributed by atoms with van der Waals surface area (Å²) in [5, 5.41) is 5.47. The zero-order valence-electron chi connectivity index (χ0n) is 6.21. The number of anilines is 2. The molecule has 0 atom stereocenters. The van der Waals surface area contributed by atoms with Crippen LogP contribution >= 0.6 is 0 Å². The lowest BCUT2D eigenvalue weighted by Gasteiger charge is -2.09. The molecular weight excluding hydrogens is 158 g/mol. The number of aromatic nitrogens is 2. The largest absolute Gasteiger partial charge is 0.459 e. The van der Waals surface area contributed by atoms with Gasteiger partial charge in [-0.05, 0) is 0 Å². The van der Waals surface area contributed by atoms with Gasteiger partial charge in [-0.1, -0.05) is 0 Å². The number of nitrogens with zero attached hydrogens (tertiary/aromatic N) is 4. The van der Waals surface area contributed by atoms with Crippen LogP contribution in [-0.2, 0) is 4.74 Å². The summed E-state index contributed by atoms with van der Waals surface area (Å²) in [7, 11) is 0. The maximum absolute atomic E-state index is 5.38. The van der Waals surface area contributed by atoms with Crippen LogP contribution < -0.4 is 10.7 Å². The van der Waals surface area contributed by atoms with Gasteiger partial charge in [-0.2, -0.15) is 4.98 Å². The quantitative estimate of drug-likeness (QED) is 0.623. The van der Waals surface area contributed by atoms with Crippen LogP contribution in [0.2, 0.25) is 0 Å². The minimum Gasteiger partial charge on any atom is -0.459 e. The van der Waals surface area contributed by atoms with Gasteiger partial charge in [-0.25, -0.2) is 9.99 Å². The molecule has 1 aromatic rings. The highest BCUT2D eigenvalue weighted by molar-refractivity contribution is 5.54. The first-order chi connectivity index (χ1) is 5.86. The van der Waals surface area contributed by atoms with Crippen molar-refractivity contribution in [3.63, 3.8) is 0 Å². The summed E-state index contributed by atoms with van der Waals surface area (Å²) in [6, 6.07) is 1.71. The normalized spacial score (nSPS) is 14.8. The summed E-state index contributed by atoms with van der Waals surface area (Å²) < 4.78 is 4.88. The number of nitrogen functional groups attached to an aromatic ring is 1. The molecule has 2 N–H and O–H groups in total. The Balaban J connectivity index is 2.27. The molecule has 62 valence electrons. The van der Waals surface area contributed by atoms with Gasteiger partial charge >= 0.3 is 0 Å². The lowest BCUT2D eigenvalue weighted by molar-refractivity contribution is 0.349. The summed E-state index contributed by atoms with van der Waals surface area (Å²) in [6.45, 7) is 0.371. The summed E-state index contributed by atoms with van der Waals surface area (Å²) in [5.41, 5.74) is 5.38. The first-order valence-electron chi connectivity index (χ1n) is 3.36. The molecule has 0 saturated carbocycles. The minimum absolute atomic E-state index is 0.231. The van der Waals surface area contributed by atoms with E-state index in [-0.39, 0.29) is 5.95 Å². The predicted molar refractivity (Wildman–Crippen MR) is 43.4 cm³/mol. The Morgan fingerprint density at radius 2 is 2.50 bits per heavy atom. The highest BCUT2D eigenvalue weighted by Crippen LogP contribution is 2.12. The topological polar surface area (TPSA) is 76.6 Å². The third kappa shape index (κ3) is 1.14. The molecule has 1 aromatic heterocycles. The average Bonchev–Trinajstić information content (AvgIpc) is 2.56. The van der Waals surface area contributed by atoms with Crippen LogP contribution in [0.25, 0.3) is 0 Å². The van der Waals surface area contributed by atoms with Crippen LogP contribution in [0.5, 0.6) is 0 Å². The first-order valence-corrected chi connectivity index (χ1v) is 3.36. The van der Waals surface area contributed by atoms with Gasteiger partial charge in [0.15, 0.2) is 18.9 Å². The molecule has 0 fully saturated rings. The van der Waals surface area contributed by atoms with Gasteiger partial charge in [-0.3, -0.25) is 0 Å². The van der Waals surface area contributed by atoms with Crippen LogP contribution in [0.1, 0.15) is 0 Å². The monoisotopic (exact) mass is 165 g/mol. The SMILES string of the molecule is Nc1nccc(N2COC=N2)n1.